The second-order valence-electron chi connectivity index (χ2n) is 13.3. The van der Waals surface area contributed by atoms with Crippen molar-refractivity contribution in [3.63, 3.8) is 0 Å². The third kappa shape index (κ3) is 3.32. The lowest BCUT2D eigenvalue weighted by Crippen LogP contribution is -2.16. The van der Waals surface area contributed by atoms with Crippen LogP contribution in [0.25, 0.3) is 76.5 Å². The zero-order chi connectivity index (χ0) is 29.9. The molecular weight excluding hydrogens is 540 g/mol. The van der Waals surface area contributed by atoms with Crippen molar-refractivity contribution in [1.29, 1.82) is 0 Å². The van der Waals surface area contributed by atoms with E-state index >= 15 is 0 Å². The summed E-state index contributed by atoms with van der Waals surface area (Å²) in [6, 6.07) is 54.4. The number of hydrogen-bond donors (Lipinski definition) is 0. The maximum absolute atomic E-state index is 2.45. The van der Waals surface area contributed by atoms with Crippen molar-refractivity contribution in [3.8, 4) is 22.3 Å². The summed E-state index contributed by atoms with van der Waals surface area (Å²) in [7, 11) is 0. The molecule has 0 heteroatoms. The largest absolute Gasteiger partial charge is 0.0616 e. The van der Waals surface area contributed by atoms with Gasteiger partial charge in [0.2, 0.25) is 0 Å². The predicted octanol–water partition coefficient (Wildman–Crippen LogP) is 12.2. The number of allylic oxidation sites excluding steroid dienone is 1. The Morgan fingerprint density at radius 1 is 0.378 bits per heavy atom. The first-order valence-electron chi connectivity index (χ1n) is 15.9. The smallest absolute Gasteiger partial charge is 0.0165 e. The van der Waals surface area contributed by atoms with Gasteiger partial charge in [-0.25, -0.2) is 0 Å². The van der Waals surface area contributed by atoms with E-state index in [0.29, 0.717) is 0 Å². The fourth-order valence-corrected chi connectivity index (χ4v) is 8.53. The number of fused-ring (bicyclic) bond motifs is 10. The van der Waals surface area contributed by atoms with Gasteiger partial charge in [0, 0.05) is 5.41 Å². The van der Waals surface area contributed by atoms with E-state index in [-0.39, 0.29) is 5.41 Å². The minimum absolute atomic E-state index is 0.0452. The molecule has 2 aliphatic carbocycles. The van der Waals surface area contributed by atoms with Crippen molar-refractivity contribution in [2.75, 3.05) is 0 Å². The van der Waals surface area contributed by atoms with Crippen molar-refractivity contribution in [3.05, 3.63) is 168 Å². The van der Waals surface area contributed by atoms with Crippen molar-refractivity contribution < 1.29 is 0 Å². The highest BCUT2D eigenvalue weighted by Gasteiger charge is 2.43. The minimum Gasteiger partial charge on any atom is -0.0616 e. The molecule has 8 aromatic rings. The molecule has 0 spiro atoms. The van der Waals surface area contributed by atoms with Crippen LogP contribution in [0, 0.1) is 0 Å². The van der Waals surface area contributed by atoms with Crippen LogP contribution in [-0.2, 0) is 5.41 Å². The highest BCUT2D eigenvalue weighted by atomic mass is 14.5. The molecule has 45 heavy (non-hydrogen) atoms. The van der Waals surface area contributed by atoms with Crippen molar-refractivity contribution in [2.45, 2.75) is 19.3 Å². The first-order valence-corrected chi connectivity index (χ1v) is 15.9. The second kappa shape index (κ2) is 8.80. The molecule has 0 saturated carbocycles. The lowest BCUT2D eigenvalue weighted by atomic mass is 9.78. The summed E-state index contributed by atoms with van der Waals surface area (Å²) < 4.78 is 0. The fraction of sp³-hybridized carbons (Fsp3) is 0.0667. The zero-order valence-electron chi connectivity index (χ0n) is 25.4. The number of rotatable bonds is 2. The molecule has 2 aliphatic rings. The summed E-state index contributed by atoms with van der Waals surface area (Å²) in [5.41, 5.74) is 13.4. The summed E-state index contributed by atoms with van der Waals surface area (Å²) >= 11 is 0. The maximum Gasteiger partial charge on any atom is 0.0165 e. The lowest BCUT2D eigenvalue weighted by Gasteiger charge is -2.25. The Morgan fingerprint density at radius 2 is 0.911 bits per heavy atom. The minimum atomic E-state index is -0.0452. The number of benzene rings is 8. The van der Waals surface area contributed by atoms with Crippen LogP contribution in [0.15, 0.2) is 146 Å². The Kier molecular flexibility index (Phi) is 4.88. The van der Waals surface area contributed by atoms with Crippen LogP contribution >= 0.6 is 0 Å². The van der Waals surface area contributed by atoms with Gasteiger partial charge in [0.05, 0.1) is 0 Å². The van der Waals surface area contributed by atoms with Crippen molar-refractivity contribution in [1.82, 2.24) is 0 Å². The summed E-state index contributed by atoms with van der Waals surface area (Å²) in [5.74, 6) is 0. The van der Waals surface area contributed by atoms with E-state index in [2.05, 4.69) is 159 Å². The molecule has 0 N–H and O–H groups in total. The van der Waals surface area contributed by atoms with Gasteiger partial charge in [0.15, 0.2) is 0 Å². The molecule has 0 aliphatic heterocycles. The molecule has 0 saturated heterocycles. The van der Waals surface area contributed by atoms with Crippen LogP contribution in [0.4, 0.5) is 0 Å². The average Bonchev–Trinajstić information content (AvgIpc) is 3.56. The molecule has 10 rings (SSSR count). The number of hydrogen-bond acceptors (Lipinski definition) is 0. The van der Waals surface area contributed by atoms with E-state index in [0.717, 1.165) is 0 Å². The van der Waals surface area contributed by atoms with E-state index in [1.807, 2.05) is 0 Å². The van der Waals surface area contributed by atoms with Gasteiger partial charge in [-0.05, 0) is 117 Å². The van der Waals surface area contributed by atoms with Crippen molar-refractivity contribution >= 4 is 54.2 Å². The van der Waals surface area contributed by atoms with Gasteiger partial charge >= 0.3 is 0 Å². The van der Waals surface area contributed by atoms with Gasteiger partial charge in [-0.2, -0.15) is 0 Å². The van der Waals surface area contributed by atoms with Crippen LogP contribution < -0.4 is 0 Å². The maximum atomic E-state index is 2.45. The van der Waals surface area contributed by atoms with Crippen LogP contribution in [0.2, 0.25) is 0 Å². The third-order valence-electron chi connectivity index (χ3n) is 10.6. The zero-order valence-corrected chi connectivity index (χ0v) is 25.4. The summed E-state index contributed by atoms with van der Waals surface area (Å²) in [4.78, 5) is 0. The topological polar surface area (TPSA) is 0 Å². The summed E-state index contributed by atoms with van der Waals surface area (Å²) in [5, 5.41) is 10.6. The Hall–Kier alpha value is -5.46. The van der Waals surface area contributed by atoms with Gasteiger partial charge in [-0.1, -0.05) is 141 Å². The highest BCUT2D eigenvalue weighted by Crippen LogP contribution is 2.59. The first-order chi connectivity index (χ1) is 22.1. The quantitative estimate of drug-likeness (QED) is 0.181. The molecule has 0 bridgehead atoms. The van der Waals surface area contributed by atoms with Gasteiger partial charge in [-0.15, -0.1) is 0 Å². The lowest BCUT2D eigenvalue weighted by molar-refractivity contribution is 0.705. The molecule has 8 aromatic carbocycles. The fourth-order valence-electron chi connectivity index (χ4n) is 8.53. The Morgan fingerprint density at radius 3 is 1.60 bits per heavy atom. The van der Waals surface area contributed by atoms with E-state index in [1.54, 1.807) is 0 Å². The van der Waals surface area contributed by atoms with Crippen LogP contribution in [-0.4, -0.2) is 0 Å². The third-order valence-corrected chi connectivity index (χ3v) is 10.6. The molecule has 0 unspecified atom stereocenters. The molecular formula is C45H30. The SMILES string of the molecule is CC1(C)C2=C(c3cc(-c4cccc(-c5ccc6c7ccccc7c7ccccc7c6c5)c4)ccc31)c1cccc3cccc2c13. The van der Waals surface area contributed by atoms with Gasteiger partial charge in [0.25, 0.3) is 0 Å². The van der Waals surface area contributed by atoms with E-state index < -0.39 is 0 Å². The molecule has 0 atom stereocenters. The summed E-state index contributed by atoms with van der Waals surface area (Å²) in [6.07, 6.45) is 0. The molecule has 0 aromatic heterocycles. The Labute approximate surface area is 262 Å². The van der Waals surface area contributed by atoms with Crippen LogP contribution in [0.1, 0.15) is 36.1 Å². The monoisotopic (exact) mass is 570 g/mol. The van der Waals surface area contributed by atoms with E-state index in [9.17, 15) is 0 Å². The standard InChI is InChI=1S/C45H30/c1-45(2)41-23-21-31(26-40(41)43-37-18-8-10-27-11-9-19-38(42(27)37)44(43)45)29-13-7-12-28(24-29)30-20-22-36-34-16-4-3-14-32(34)33-15-5-6-17-35(33)39(36)25-30/h3-26H,1-2H3. The van der Waals surface area contributed by atoms with Gasteiger partial charge in [-0.3, -0.25) is 0 Å². The molecule has 0 amide bonds. The molecule has 0 radical (unpaired) electrons. The highest BCUT2D eigenvalue weighted by molar-refractivity contribution is 6.26. The molecule has 210 valence electrons. The van der Waals surface area contributed by atoms with Gasteiger partial charge < -0.3 is 0 Å². The average molecular weight is 571 g/mol. The summed E-state index contributed by atoms with van der Waals surface area (Å²) in [6.45, 7) is 4.79. The van der Waals surface area contributed by atoms with Crippen LogP contribution in [0.5, 0.6) is 0 Å². The Bertz CT molecular complexity index is 2570. The van der Waals surface area contributed by atoms with Gasteiger partial charge in [0.1, 0.15) is 0 Å². The molecule has 0 nitrogen and oxygen atoms in total. The normalized spacial score (nSPS) is 14.5. The van der Waals surface area contributed by atoms with E-state index in [4.69, 9.17) is 0 Å². The first kappa shape index (κ1) is 24.9. The van der Waals surface area contributed by atoms with Crippen molar-refractivity contribution in [2.24, 2.45) is 0 Å². The second-order valence-corrected chi connectivity index (χ2v) is 13.3. The molecule has 0 heterocycles. The predicted molar refractivity (Wildman–Crippen MR) is 193 cm³/mol. The van der Waals surface area contributed by atoms with Crippen LogP contribution in [0.3, 0.4) is 0 Å². The Balaban J connectivity index is 1.13. The molecule has 0 fully saturated rings. The van der Waals surface area contributed by atoms with E-state index in [1.165, 1.54) is 98.7 Å².